The molecular formula is C21H24N2O5S. The van der Waals surface area contributed by atoms with Gasteiger partial charge >= 0.3 is 6.09 Å². The van der Waals surface area contributed by atoms with Crippen LogP contribution in [-0.4, -0.2) is 31.6 Å². The highest BCUT2D eigenvalue weighted by atomic mass is 32.1. The average Bonchev–Trinajstić information content (AvgIpc) is 3.05. The van der Waals surface area contributed by atoms with Crippen LogP contribution in [0.1, 0.15) is 51.4 Å². The Balaban J connectivity index is 1.88. The summed E-state index contributed by atoms with van der Waals surface area (Å²) < 4.78 is 9.93. The van der Waals surface area contributed by atoms with E-state index in [-0.39, 0.29) is 5.91 Å². The number of ether oxygens (including phenoxy) is 2. The van der Waals surface area contributed by atoms with Crippen molar-refractivity contribution < 1.29 is 23.9 Å². The van der Waals surface area contributed by atoms with Crippen LogP contribution in [0, 0.1) is 5.92 Å². The maximum Gasteiger partial charge on any atom is 0.413 e. The Morgan fingerprint density at radius 2 is 1.90 bits per heavy atom. The lowest BCUT2D eigenvalue weighted by molar-refractivity contribution is 0.0937. The predicted octanol–water partition coefficient (Wildman–Crippen LogP) is 4.02. The standard InChI is InChI=1S/C21H24N2O5S/c1-4-28-14-8-6-13(7-9-14)18(24)22-20-17(19(25)23-21(26)27-3)15-10-5-12(2)11-16(15)29-20/h6-9,12H,4-5,10-11H2,1-3H3,(H,22,24)(H,23,25,26)/t12-/m0/s1. The van der Waals surface area contributed by atoms with Crippen molar-refractivity contribution in [2.24, 2.45) is 5.92 Å². The lowest BCUT2D eigenvalue weighted by Gasteiger charge is -2.18. The number of imide groups is 1. The fourth-order valence-electron chi connectivity index (χ4n) is 3.33. The van der Waals surface area contributed by atoms with Gasteiger partial charge in [-0.15, -0.1) is 11.3 Å². The van der Waals surface area contributed by atoms with Gasteiger partial charge in [0.1, 0.15) is 10.8 Å². The van der Waals surface area contributed by atoms with Crippen molar-refractivity contribution in [1.82, 2.24) is 5.32 Å². The van der Waals surface area contributed by atoms with Gasteiger partial charge in [-0.1, -0.05) is 6.92 Å². The zero-order chi connectivity index (χ0) is 21.0. The van der Waals surface area contributed by atoms with Gasteiger partial charge in [0, 0.05) is 10.4 Å². The van der Waals surface area contributed by atoms with E-state index < -0.39 is 12.0 Å². The fraction of sp³-hybridized carbons (Fsp3) is 0.381. The molecule has 29 heavy (non-hydrogen) atoms. The van der Waals surface area contributed by atoms with E-state index in [9.17, 15) is 14.4 Å². The molecule has 2 aromatic rings. The van der Waals surface area contributed by atoms with Crippen LogP contribution < -0.4 is 15.4 Å². The highest BCUT2D eigenvalue weighted by Crippen LogP contribution is 2.39. The average molecular weight is 416 g/mol. The number of carbonyl (C=O) groups excluding carboxylic acids is 3. The monoisotopic (exact) mass is 416 g/mol. The molecule has 3 amide bonds. The minimum atomic E-state index is -0.831. The summed E-state index contributed by atoms with van der Waals surface area (Å²) in [7, 11) is 1.20. The Morgan fingerprint density at radius 1 is 1.17 bits per heavy atom. The van der Waals surface area contributed by atoms with Crippen LogP contribution in [0.4, 0.5) is 9.80 Å². The molecule has 0 saturated heterocycles. The Labute approximate surface area is 173 Å². The van der Waals surface area contributed by atoms with Gasteiger partial charge in [0.05, 0.1) is 19.3 Å². The Kier molecular flexibility index (Phi) is 6.53. The number of alkyl carbamates (subject to hydrolysis) is 1. The molecule has 1 heterocycles. The summed E-state index contributed by atoms with van der Waals surface area (Å²) in [5, 5.41) is 5.50. The van der Waals surface area contributed by atoms with E-state index in [2.05, 4.69) is 22.3 Å². The van der Waals surface area contributed by atoms with Gasteiger partial charge in [0.25, 0.3) is 11.8 Å². The second-order valence-corrected chi connectivity index (χ2v) is 8.02. The van der Waals surface area contributed by atoms with E-state index in [0.717, 1.165) is 29.7 Å². The van der Waals surface area contributed by atoms with Crippen LogP contribution in [0.3, 0.4) is 0 Å². The van der Waals surface area contributed by atoms with Crippen molar-refractivity contribution in [1.29, 1.82) is 0 Å². The third-order valence-electron chi connectivity index (χ3n) is 4.79. The Morgan fingerprint density at radius 3 is 2.55 bits per heavy atom. The van der Waals surface area contributed by atoms with E-state index >= 15 is 0 Å². The van der Waals surface area contributed by atoms with Gasteiger partial charge in [0.15, 0.2) is 0 Å². The first-order chi connectivity index (χ1) is 13.9. The van der Waals surface area contributed by atoms with Gasteiger partial charge in [-0.25, -0.2) is 4.79 Å². The number of amides is 3. The van der Waals surface area contributed by atoms with Crippen molar-refractivity contribution in [2.45, 2.75) is 33.1 Å². The molecule has 0 aliphatic heterocycles. The zero-order valence-corrected chi connectivity index (χ0v) is 17.5. The minimum absolute atomic E-state index is 0.327. The number of carbonyl (C=O) groups is 3. The first kappa shape index (κ1) is 20.9. The van der Waals surface area contributed by atoms with E-state index in [4.69, 9.17) is 4.74 Å². The third kappa shape index (κ3) is 4.76. The van der Waals surface area contributed by atoms with Crippen LogP contribution in [0.15, 0.2) is 24.3 Å². The lowest BCUT2D eigenvalue weighted by Crippen LogP contribution is -2.31. The van der Waals surface area contributed by atoms with Crippen LogP contribution in [0.5, 0.6) is 5.75 Å². The van der Waals surface area contributed by atoms with Crippen molar-refractivity contribution in [2.75, 3.05) is 19.0 Å². The number of rotatable bonds is 5. The molecule has 0 unspecified atom stereocenters. The number of benzene rings is 1. The molecular weight excluding hydrogens is 392 g/mol. The molecule has 1 aliphatic rings. The van der Waals surface area contributed by atoms with Crippen molar-refractivity contribution in [3.05, 3.63) is 45.8 Å². The predicted molar refractivity (Wildman–Crippen MR) is 111 cm³/mol. The van der Waals surface area contributed by atoms with E-state index in [1.54, 1.807) is 24.3 Å². The van der Waals surface area contributed by atoms with Crippen LogP contribution in [0.2, 0.25) is 0 Å². The van der Waals surface area contributed by atoms with Crippen molar-refractivity contribution >= 4 is 34.2 Å². The van der Waals surface area contributed by atoms with E-state index in [1.807, 2.05) is 6.92 Å². The maximum atomic E-state index is 12.7. The molecule has 1 aromatic heterocycles. The molecule has 8 heteroatoms. The highest BCUT2D eigenvalue weighted by Gasteiger charge is 2.29. The summed E-state index contributed by atoms with van der Waals surface area (Å²) in [6, 6.07) is 6.79. The molecule has 0 radical (unpaired) electrons. The van der Waals surface area contributed by atoms with Crippen LogP contribution in [0.25, 0.3) is 0 Å². The Hall–Kier alpha value is -2.87. The van der Waals surface area contributed by atoms with Gasteiger partial charge in [-0.2, -0.15) is 0 Å². The normalized spacial score (nSPS) is 15.2. The second-order valence-electron chi connectivity index (χ2n) is 6.91. The summed E-state index contributed by atoms with van der Waals surface area (Å²) in [4.78, 5) is 38.1. The maximum absolute atomic E-state index is 12.7. The number of fused-ring (bicyclic) bond motifs is 1. The molecule has 0 spiro atoms. The zero-order valence-electron chi connectivity index (χ0n) is 16.7. The van der Waals surface area contributed by atoms with Gasteiger partial charge < -0.3 is 14.8 Å². The Bertz CT molecular complexity index is 920. The number of methoxy groups -OCH3 is 1. The van der Waals surface area contributed by atoms with Gasteiger partial charge in [-0.3, -0.25) is 14.9 Å². The quantitative estimate of drug-likeness (QED) is 0.768. The van der Waals surface area contributed by atoms with E-state index in [1.165, 1.54) is 18.4 Å². The molecule has 2 N–H and O–H groups in total. The lowest BCUT2D eigenvalue weighted by atomic mass is 9.88. The summed E-state index contributed by atoms with van der Waals surface area (Å²) in [5.74, 6) is 0.299. The molecule has 1 aromatic carbocycles. The topological polar surface area (TPSA) is 93.7 Å². The molecule has 7 nitrogen and oxygen atoms in total. The number of hydrogen-bond acceptors (Lipinski definition) is 6. The third-order valence-corrected chi connectivity index (χ3v) is 5.96. The molecule has 0 bridgehead atoms. The van der Waals surface area contributed by atoms with Crippen LogP contribution >= 0.6 is 11.3 Å². The first-order valence-electron chi connectivity index (χ1n) is 9.51. The van der Waals surface area contributed by atoms with E-state index in [0.29, 0.717) is 34.4 Å². The molecule has 1 atom stereocenters. The molecule has 3 rings (SSSR count). The first-order valence-corrected chi connectivity index (χ1v) is 10.3. The summed E-state index contributed by atoms with van der Waals surface area (Å²) >= 11 is 1.39. The second kappa shape index (κ2) is 9.09. The highest BCUT2D eigenvalue weighted by molar-refractivity contribution is 7.17. The SMILES string of the molecule is CCOc1ccc(C(=O)Nc2sc3c(c2C(=O)NC(=O)OC)CC[C@H](C)C3)cc1. The summed E-state index contributed by atoms with van der Waals surface area (Å²) in [6.45, 7) is 4.60. The van der Waals surface area contributed by atoms with Crippen molar-refractivity contribution in [3.63, 3.8) is 0 Å². The number of thiophene rings is 1. The molecule has 1 aliphatic carbocycles. The number of hydrogen-bond donors (Lipinski definition) is 2. The minimum Gasteiger partial charge on any atom is -0.494 e. The summed E-state index contributed by atoms with van der Waals surface area (Å²) in [6.07, 6.45) is 1.70. The molecule has 0 saturated carbocycles. The summed E-state index contributed by atoms with van der Waals surface area (Å²) in [5.41, 5.74) is 1.70. The molecule has 0 fully saturated rings. The molecule has 154 valence electrons. The largest absolute Gasteiger partial charge is 0.494 e. The van der Waals surface area contributed by atoms with Crippen LogP contribution in [-0.2, 0) is 17.6 Å². The fourth-order valence-corrected chi connectivity index (χ4v) is 4.73. The van der Waals surface area contributed by atoms with Gasteiger partial charge in [-0.05, 0) is 61.9 Å². The number of anilines is 1. The van der Waals surface area contributed by atoms with Crippen molar-refractivity contribution in [3.8, 4) is 5.75 Å². The van der Waals surface area contributed by atoms with Gasteiger partial charge in [0.2, 0.25) is 0 Å². The number of nitrogens with one attached hydrogen (secondary N) is 2. The smallest absolute Gasteiger partial charge is 0.413 e.